The molecule has 1 amide bonds. The summed E-state index contributed by atoms with van der Waals surface area (Å²) in [7, 11) is 3.00. The number of hydrogen-bond donors (Lipinski definition) is 1. The number of methoxy groups -OCH3 is 2. The van der Waals surface area contributed by atoms with Crippen molar-refractivity contribution in [2.75, 3.05) is 27.4 Å². The minimum atomic E-state index is -0.857. The molecule has 0 spiro atoms. The van der Waals surface area contributed by atoms with Gasteiger partial charge in [0.15, 0.2) is 11.5 Å². The first-order chi connectivity index (χ1) is 15.4. The molecule has 2 aromatic rings. The smallest absolute Gasteiger partial charge is 0.295 e. The largest absolute Gasteiger partial charge is 0.507 e. The van der Waals surface area contributed by atoms with E-state index in [1.807, 2.05) is 0 Å². The third kappa shape index (κ3) is 3.93. The summed E-state index contributed by atoms with van der Waals surface area (Å²) in [6.07, 6.45) is 1.46. The molecule has 2 aliphatic heterocycles. The summed E-state index contributed by atoms with van der Waals surface area (Å²) in [6, 6.07) is 9.32. The van der Waals surface area contributed by atoms with Crippen LogP contribution in [0, 0.1) is 5.82 Å². The monoisotopic (exact) mass is 441 g/mol. The molecule has 0 unspecified atom stereocenters. The van der Waals surface area contributed by atoms with Gasteiger partial charge in [0.2, 0.25) is 0 Å². The van der Waals surface area contributed by atoms with Crippen molar-refractivity contribution in [3.05, 3.63) is 65.0 Å². The van der Waals surface area contributed by atoms with Crippen molar-refractivity contribution in [2.24, 2.45) is 0 Å². The van der Waals surface area contributed by atoms with Crippen LogP contribution in [-0.2, 0) is 14.3 Å². The lowest BCUT2D eigenvalue weighted by molar-refractivity contribution is -0.140. The third-order valence-electron chi connectivity index (χ3n) is 5.81. The van der Waals surface area contributed by atoms with Gasteiger partial charge in [0.1, 0.15) is 11.6 Å². The van der Waals surface area contributed by atoms with Crippen LogP contribution in [-0.4, -0.2) is 55.2 Å². The number of amides is 1. The SMILES string of the molecule is COc1ccc([C@H]2C(=C(O)c3ccc(F)cc3)C(=O)C(=O)N2C[C@H]2CCCO2)cc1OC. The van der Waals surface area contributed by atoms with E-state index in [0.717, 1.165) is 12.8 Å². The summed E-state index contributed by atoms with van der Waals surface area (Å²) in [5, 5.41) is 11.0. The maximum Gasteiger partial charge on any atom is 0.295 e. The molecule has 2 saturated heterocycles. The van der Waals surface area contributed by atoms with E-state index in [1.165, 1.54) is 43.4 Å². The molecule has 0 bridgehead atoms. The van der Waals surface area contributed by atoms with Crippen molar-refractivity contribution in [2.45, 2.75) is 25.0 Å². The highest BCUT2D eigenvalue weighted by molar-refractivity contribution is 6.46. The van der Waals surface area contributed by atoms with E-state index in [9.17, 15) is 19.1 Å². The second-order valence-electron chi connectivity index (χ2n) is 7.71. The summed E-state index contributed by atoms with van der Waals surface area (Å²) < 4.78 is 29.8. The first-order valence-electron chi connectivity index (χ1n) is 10.3. The standard InChI is InChI=1S/C24H24FNO6/c1-30-18-10-7-15(12-19(18)31-2)21-20(22(27)14-5-8-16(25)9-6-14)23(28)24(29)26(21)13-17-4-3-11-32-17/h5-10,12,17,21,27H,3-4,11,13H2,1-2H3/t17-,21+/m1/s1. The van der Waals surface area contributed by atoms with Crippen molar-refractivity contribution in [1.82, 2.24) is 4.90 Å². The Labute approximate surface area is 185 Å². The molecule has 32 heavy (non-hydrogen) atoms. The van der Waals surface area contributed by atoms with Gasteiger partial charge < -0.3 is 24.2 Å². The Morgan fingerprint density at radius 2 is 1.84 bits per heavy atom. The first kappa shape index (κ1) is 21.8. The number of Topliss-reactive ketones (excluding diaryl/α,β-unsaturated/α-hetero) is 1. The number of nitrogens with zero attached hydrogens (tertiary/aromatic N) is 1. The zero-order chi connectivity index (χ0) is 22.8. The number of likely N-dealkylation sites (tertiary alicyclic amines) is 1. The first-order valence-corrected chi connectivity index (χ1v) is 10.3. The number of hydrogen-bond acceptors (Lipinski definition) is 6. The van der Waals surface area contributed by atoms with Crippen LogP contribution in [0.1, 0.15) is 30.0 Å². The Balaban J connectivity index is 1.85. The minimum absolute atomic E-state index is 0.0631. The van der Waals surface area contributed by atoms with Crippen LogP contribution in [0.15, 0.2) is 48.0 Å². The van der Waals surface area contributed by atoms with Gasteiger partial charge in [-0.15, -0.1) is 0 Å². The Kier molecular flexibility index (Phi) is 6.14. The fourth-order valence-corrected chi connectivity index (χ4v) is 4.21. The Morgan fingerprint density at radius 1 is 1.12 bits per heavy atom. The van der Waals surface area contributed by atoms with Crippen molar-refractivity contribution in [1.29, 1.82) is 0 Å². The second kappa shape index (κ2) is 9.00. The van der Waals surface area contributed by atoms with Crippen LogP contribution >= 0.6 is 0 Å². The summed E-state index contributed by atoms with van der Waals surface area (Å²) in [6.45, 7) is 0.814. The van der Waals surface area contributed by atoms with E-state index in [1.54, 1.807) is 18.2 Å². The fraction of sp³-hybridized carbons (Fsp3) is 0.333. The van der Waals surface area contributed by atoms with Crippen LogP contribution in [0.3, 0.4) is 0 Å². The molecule has 2 fully saturated rings. The molecule has 0 radical (unpaired) electrons. The average Bonchev–Trinajstić information content (AvgIpc) is 3.41. The number of ketones is 1. The van der Waals surface area contributed by atoms with E-state index in [0.29, 0.717) is 23.7 Å². The highest BCUT2D eigenvalue weighted by atomic mass is 19.1. The Bertz CT molecular complexity index is 1060. The molecule has 2 aromatic carbocycles. The molecule has 0 saturated carbocycles. The zero-order valence-corrected chi connectivity index (χ0v) is 17.8. The Morgan fingerprint density at radius 3 is 2.47 bits per heavy atom. The number of aliphatic hydroxyl groups excluding tert-OH is 1. The number of aliphatic hydroxyl groups is 1. The van der Waals surface area contributed by atoms with E-state index in [4.69, 9.17) is 14.2 Å². The van der Waals surface area contributed by atoms with E-state index in [-0.39, 0.29) is 29.5 Å². The highest BCUT2D eigenvalue weighted by Gasteiger charge is 2.47. The molecule has 2 atom stereocenters. The summed E-state index contributed by atoms with van der Waals surface area (Å²) in [5.41, 5.74) is 0.752. The van der Waals surface area contributed by atoms with E-state index < -0.39 is 23.5 Å². The molecule has 0 aromatic heterocycles. The number of carbonyl (C=O) groups is 2. The van der Waals surface area contributed by atoms with Gasteiger partial charge in [0.05, 0.1) is 31.9 Å². The fourth-order valence-electron chi connectivity index (χ4n) is 4.21. The van der Waals surface area contributed by atoms with Gasteiger partial charge in [0.25, 0.3) is 11.7 Å². The van der Waals surface area contributed by atoms with Crippen LogP contribution < -0.4 is 9.47 Å². The van der Waals surface area contributed by atoms with Gasteiger partial charge >= 0.3 is 0 Å². The highest BCUT2D eigenvalue weighted by Crippen LogP contribution is 2.42. The van der Waals surface area contributed by atoms with Crippen LogP contribution in [0.2, 0.25) is 0 Å². The molecule has 0 aliphatic carbocycles. The predicted molar refractivity (Wildman–Crippen MR) is 114 cm³/mol. The van der Waals surface area contributed by atoms with Crippen LogP contribution in [0.5, 0.6) is 11.5 Å². The number of halogens is 1. The number of rotatable bonds is 6. The van der Waals surface area contributed by atoms with Crippen molar-refractivity contribution in [3.63, 3.8) is 0 Å². The van der Waals surface area contributed by atoms with Crippen LogP contribution in [0.4, 0.5) is 4.39 Å². The summed E-state index contributed by atoms with van der Waals surface area (Å²) in [5.74, 6) is -1.44. The molecular weight excluding hydrogens is 417 g/mol. The normalized spacial score (nSPS) is 22.4. The van der Waals surface area contributed by atoms with Gasteiger partial charge in [-0.05, 0) is 54.8 Å². The maximum atomic E-state index is 13.4. The van der Waals surface area contributed by atoms with E-state index in [2.05, 4.69) is 0 Å². The molecule has 1 N–H and O–H groups in total. The second-order valence-corrected chi connectivity index (χ2v) is 7.71. The lowest BCUT2D eigenvalue weighted by Gasteiger charge is -2.28. The minimum Gasteiger partial charge on any atom is -0.507 e. The van der Waals surface area contributed by atoms with Gasteiger partial charge in [-0.2, -0.15) is 0 Å². The molecule has 2 aliphatic rings. The number of benzene rings is 2. The van der Waals surface area contributed by atoms with Crippen molar-refractivity contribution < 1.29 is 33.3 Å². The predicted octanol–water partition coefficient (Wildman–Crippen LogP) is 3.44. The van der Waals surface area contributed by atoms with Gasteiger partial charge in [-0.25, -0.2) is 4.39 Å². The molecule has 4 rings (SSSR count). The topological polar surface area (TPSA) is 85.3 Å². The summed E-state index contributed by atoms with van der Waals surface area (Å²) >= 11 is 0. The average molecular weight is 441 g/mol. The molecule has 8 heteroatoms. The molecule has 168 valence electrons. The van der Waals surface area contributed by atoms with Crippen molar-refractivity contribution >= 4 is 17.4 Å². The zero-order valence-electron chi connectivity index (χ0n) is 17.8. The molecule has 2 heterocycles. The molecule has 7 nitrogen and oxygen atoms in total. The summed E-state index contributed by atoms with van der Waals surface area (Å²) in [4.78, 5) is 27.5. The maximum absolute atomic E-state index is 13.4. The lowest BCUT2D eigenvalue weighted by atomic mass is 9.94. The molecular formula is C24H24FNO6. The third-order valence-corrected chi connectivity index (χ3v) is 5.81. The lowest BCUT2D eigenvalue weighted by Crippen LogP contribution is -2.36. The van der Waals surface area contributed by atoms with Crippen LogP contribution in [0.25, 0.3) is 5.76 Å². The van der Waals surface area contributed by atoms with Gasteiger partial charge in [-0.3, -0.25) is 9.59 Å². The van der Waals surface area contributed by atoms with Gasteiger partial charge in [0, 0.05) is 18.7 Å². The van der Waals surface area contributed by atoms with E-state index >= 15 is 0 Å². The van der Waals surface area contributed by atoms with Crippen molar-refractivity contribution in [3.8, 4) is 11.5 Å². The Hall–Kier alpha value is -3.39. The van der Waals surface area contributed by atoms with Gasteiger partial charge in [-0.1, -0.05) is 6.07 Å². The number of ether oxygens (including phenoxy) is 3. The quantitative estimate of drug-likeness (QED) is 0.420. The number of carbonyl (C=O) groups excluding carboxylic acids is 2.